The summed E-state index contributed by atoms with van der Waals surface area (Å²) in [7, 11) is 1.81. The first-order chi connectivity index (χ1) is 10.6. The molecule has 5 heteroatoms. The molecular formula is C17H20FN3O. The van der Waals surface area contributed by atoms with Crippen LogP contribution in [0.4, 0.5) is 10.2 Å². The van der Waals surface area contributed by atoms with Gasteiger partial charge in [0, 0.05) is 19.3 Å². The van der Waals surface area contributed by atoms with Gasteiger partial charge in [0.25, 0.3) is 0 Å². The molecule has 4 nitrogen and oxygen atoms in total. The van der Waals surface area contributed by atoms with Crippen LogP contribution in [0.5, 0.6) is 0 Å². The number of aryl methyl sites for hydroxylation is 1. The van der Waals surface area contributed by atoms with E-state index in [1.807, 2.05) is 7.05 Å². The lowest BCUT2D eigenvalue weighted by atomic mass is 9.68. The summed E-state index contributed by atoms with van der Waals surface area (Å²) in [4.78, 5) is 12.9. The third-order valence-corrected chi connectivity index (χ3v) is 4.49. The summed E-state index contributed by atoms with van der Waals surface area (Å²) < 4.78 is 14.9. The van der Waals surface area contributed by atoms with Crippen molar-refractivity contribution in [1.29, 1.82) is 0 Å². The Morgan fingerprint density at radius 3 is 2.45 bits per heavy atom. The molecule has 0 radical (unpaired) electrons. The van der Waals surface area contributed by atoms with Crippen molar-refractivity contribution in [3.05, 3.63) is 47.9 Å². The number of nitrogens with zero attached hydrogens (tertiary/aromatic N) is 2. The summed E-state index contributed by atoms with van der Waals surface area (Å²) in [5, 5.41) is 7.13. The van der Waals surface area contributed by atoms with E-state index in [9.17, 15) is 9.18 Å². The first-order valence-corrected chi connectivity index (χ1v) is 7.67. The van der Waals surface area contributed by atoms with Crippen LogP contribution in [0.15, 0.2) is 36.5 Å². The summed E-state index contributed by atoms with van der Waals surface area (Å²) in [5.74, 6) is 0.233. The molecule has 0 saturated heterocycles. The second kappa shape index (κ2) is 5.91. The van der Waals surface area contributed by atoms with Crippen LogP contribution in [0.2, 0.25) is 0 Å². The average Bonchev–Trinajstić information content (AvgIpc) is 2.93. The Bertz CT molecular complexity index is 657. The van der Waals surface area contributed by atoms with E-state index in [0.29, 0.717) is 5.82 Å². The topological polar surface area (TPSA) is 46.9 Å². The molecule has 1 amide bonds. The van der Waals surface area contributed by atoms with E-state index >= 15 is 0 Å². The minimum atomic E-state index is -0.580. The number of benzene rings is 1. The number of hydrogen-bond acceptors (Lipinski definition) is 2. The molecule has 2 aromatic rings. The molecule has 1 aliphatic carbocycles. The SMILES string of the molecule is Cn1ccc(NC(=O)C2(c3ccc(F)cc3)CCCCC2)n1. The lowest BCUT2D eigenvalue weighted by Crippen LogP contribution is -2.42. The smallest absolute Gasteiger partial charge is 0.236 e. The monoisotopic (exact) mass is 301 g/mol. The van der Waals surface area contributed by atoms with Crippen LogP contribution in [-0.2, 0) is 17.3 Å². The molecule has 1 N–H and O–H groups in total. The molecule has 1 heterocycles. The fourth-order valence-corrected chi connectivity index (χ4v) is 3.29. The van der Waals surface area contributed by atoms with Crippen molar-refractivity contribution in [3.63, 3.8) is 0 Å². The van der Waals surface area contributed by atoms with Crippen molar-refractivity contribution in [1.82, 2.24) is 9.78 Å². The van der Waals surface area contributed by atoms with Crippen molar-refractivity contribution < 1.29 is 9.18 Å². The third kappa shape index (κ3) is 2.75. The summed E-state index contributed by atoms with van der Waals surface area (Å²) in [6.07, 6.45) is 6.52. The number of amides is 1. The second-order valence-electron chi connectivity index (χ2n) is 5.98. The molecule has 0 atom stereocenters. The maximum absolute atomic E-state index is 13.2. The minimum Gasteiger partial charge on any atom is -0.308 e. The van der Waals surface area contributed by atoms with Gasteiger partial charge in [0.15, 0.2) is 5.82 Å². The molecule has 0 bridgehead atoms. The highest BCUT2D eigenvalue weighted by Gasteiger charge is 2.41. The number of carbonyl (C=O) groups excluding carboxylic acids is 1. The van der Waals surface area contributed by atoms with E-state index < -0.39 is 5.41 Å². The van der Waals surface area contributed by atoms with E-state index in [4.69, 9.17) is 0 Å². The summed E-state index contributed by atoms with van der Waals surface area (Å²) in [6, 6.07) is 8.11. The summed E-state index contributed by atoms with van der Waals surface area (Å²) in [5.41, 5.74) is 0.311. The van der Waals surface area contributed by atoms with Gasteiger partial charge in [-0.2, -0.15) is 5.10 Å². The molecule has 0 aliphatic heterocycles. The maximum atomic E-state index is 13.2. The van der Waals surface area contributed by atoms with Crippen molar-refractivity contribution >= 4 is 11.7 Å². The predicted octanol–water partition coefficient (Wildman–Crippen LogP) is 3.40. The van der Waals surface area contributed by atoms with Crippen LogP contribution < -0.4 is 5.32 Å². The highest BCUT2D eigenvalue weighted by Crippen LogP contribution is 2.40. The van der Waals surface area contributed by atoms with E-state index in [-0.39, 0.29) is 11.7 Å². The zero-order valence-electron chi connectivity index (χ0n) is 12.7. The second-order valence-corrected chi connectivity index (χ2v) is 5.98. The number of aromatic nitrogens is 2. The van der Waals surface area contributed by atoms with E-state index in [2.05, 4.69) is 10.4 Å². The highest BCUT2D eigenvalue weighted by molar-refractivity contribution is 5.98. The van der Waals surface area contributed by atoms with Gasteiger partial charge in [0.2, 0.25) is 5.91 Å². The van der Waals surface area contributed by atoms with Crippen molar-refractivity contribution in [2.75, 3.05) is 5.32 Å². The molecule has 1 saturated carbocycles. The molecule has 0 unspecified atom stereocenters. The van der Waals surface area contributed by atoms with E-state index in [1.54, 1.807) is 29.1 Å². The van der Waals surface area contributed by atoms with Crippen LogP contribution in [0.3, 0.4) is 0 Å². The summed E-state index contributed by atoms with van der Waals surface area (Å²) in [6.45, 7) is 0. The first-order valence-electron chi connectivity index (χ1n) is 7.67. The highest BCUT2D eigenvalue weighted by atomic mass is 19.1. The fourth-order valence-electron chi connectivity index (χ4n) is 3.29. The van der Waals surface area contributed by atoms with Crippen LogP contribution in [0.25, 0.3) is 0 Å². The Morgan fingerprint density at radius 2 is 1.86 bits per heavy atom. The van der Waals surface area contributed by atoms with Crippen LogP contribution >= 0.6 is 0 Å². The molecule has 1 aromatic carbocycles. The van der Waals surface area contributed by atoms with Gasteiger partial charge in [-0.3, -0.25) is 9.48 Å². The predicted molar refractivity (Wildman–Crippen MR) is 83.0 cm³/mol. The molecule has 1 aliphatic rings. The number of halogens is 1. The Morgan fingerprint density at radius 1 is 1.18 bits per heavy atom. The van der Waals surface area contributed by atoms with Gasteiger partial charge < -0.3 is 5.32 Å². The average molecular weight is 301 g/mol. The molecule has 116 valence electrons. The Hall–Kier alpha value is -2.17. The van der Waals surface area contributed by atoms with E-state index in [0.717, 1.165) is 37.7 Å². The number of hydrogen-bond donors (Lipinski definition) is 1. The quantitative estimate of drug-likeness (QED) is 0.944. The van der Waals surface area contributed by atoms with Crippen molar-refractivity contribution in [3.8, 4) is 0 Å². The molecule has 0 spiro atoms. The first kappa shape index (κ1) is 14.8. The Balaban J connectivity index is 1.91. The zero-order valence-corrected chi connectivity index (χ0v) is 12.7. The van der Waals surface area contributed by atoms with Gasteiger partial charge in [-0.05, 0) is 30.5 Å². The van der Waals surface area contributed by atoms with Crippen LogP contribution in [0, 0.1) is 5.82 Å². The minimum absolute atomic E-state index is 0.0440. The van der Waals surface area contributed by atoms with Gasteiger partial charge >= 0.3 is 0 Å². The molecule has 22 heavy (non-hydrogen) atoms. The molecule has 1 aromatic heterocycles. The van der Waals surface area contributed by atoms with Gasteiger partial charge in [0.1, 0.15) is 5.82 Å². The zero-order chi connectivity index (χ0) is 15.6. The van der Waals surface area contributed by atoms with Crippen molar-refractivity contribution in [2.24, 2.45) is 7.05 Å². The Kier molecular flexibility index (Phi) is 3.96. The lowest BCUT2D eigenvalue weighted by molar-refractivity contribution is -0.122. The summed E-state index contributed by atoms with van der Waals surface area (Å²) >= 11 is 0. The van der Waals surface area contributed by atoms with Crippen LogP contribution in [0.1, 0.15) is 37.7 Å². The van der Waals surface area contributed by atoms with Gasteiger partial charge in [-0.1, -0.05) is 31.4 Å². The number of nitrogens with one attached hydrogen (secondary N) is 1. The number of carbonyl (C=O) groups is 1. The standard InChI is InChI=1S/C17H20FN3O/c1-21-12-9-15(20-21)19-16(22)17(10-3-2-4-11-17)13-5-7-14(18)8-6-13/h5-9,12H,2-4,10-11H2,1H3,(H,19,20,22). The number of rotatable bonds is 3. The van der Waals surface area contributed by atoms with E-state index in [1.165, 1.54) is 12.1 Å². The molecular weight excluding hydrogens is 281 g/mol. The van der Waals surface area contributed by atoms with Gasteiger partial charge in [-0.15, -0.1) is 0 Å². The van der Waals surface area contributed by atoms with Crippen molar-refractivity contribution in [2.45, 2.75) is 37.5 Å². The number of anilines is 1. The third-order valence-electron chi connectivity index (χ3n) is 4.49. The van der Waals surface area contributed by atoms with Gasteiger partial charge in [-0.25, -0.2) is 4.39 Å². The lowest BCUT2D eigenvalue weighted by Gasteiger charge is -2.36. The Labute approximate surface area is 129 Å². The van der Waals surface area contributed by atoms with Crippen LogP contribution in [-0.4, -0.2) is 15.7 Å². The molecule has 1 fully saturated rings. The molecule has 3 rings (SSSR count). The maximum Gasteiger partial charge on any atom is 0.236 e. The normalized spacial score (nSPS) is 17.2. The largest absolute Gasteiger partial charge is 0.308 e. The van der Waals surface area contributed by atoms with Gasteiger partial charge in [0.05, 0.1) is 5.41 Å². The fraction of sp³-hybridized carbons (Fsp3) is 0.412.